The zero-order valence-electron chi connectivity index (χ0n) is 16.7. The van der Waals surface area contributed by atoms with Crippen LogP contribution in [-0.2, 0) is 0 Å². The molecule has 0 N–H and O–H groups in total. The smallest absolute Gasteiger partial charge is 0.253 e. The number of hydrogen-bond donors (Lipinski definition) is 0. The highest BCUT2D eigenvalue weighted by Crippen LogP contribution is 2.35. The van der Waals surface area contributed by atoms with Crippen LogP contribution in [0.3, 0.4) is 0 Å². The summed E-state index contributed by atoms with van der Waals surface area (Å²) in [5.74, 6) is -0.00796. The van der Waals surface area contributed by atoms with Gasteiger partial charge in [-0.3, -0.25) is 9.78 Å². The predicted molar refractivity (Wildman–Crippen MR) is 112 cm³/mol. The van der Waals surface area contributed by atoms with Crippen LogP contribution in [0.15, 0.2) is 59.1 Å². The van der Waals surface area contributed by atoms with E-state index in [2.05, 4.69) is 4.98 Å². The van der Waals surface area contributed by atoms with E-state index >= 15 is 0 Å². The zero-order valence-corrected chi connectivity index (χ0v) is 16.7. The van der Waals surface area contributed by atoms with Crippen molar-refractivity contribution in [3.8, 4) is 28.5 Å². The molecule has 4 aromatic rings. The molecule has 6 heteroatoms. The number of aromatic nitrogens is 1. The molecule has 5 nitrogen and oxygen atoms in total. The van der Waals surface area contributed by atoms with Crippen molar-refractivity contribution in [3.05, 3.63) is 77.2 Å². The Labute approximate surface area is 173 Å². The van der Waals surface area contributed by atoms with Gasteiger partial charge in [0, 0.05) is 43.0 Å². The lowest BCUT2D eigenvalue weighted by Crippen LogP contribution is -2.21. The number of carbonyl (C=O) groups excluding carboxylic acids is 1. The minimum absolute atomic E-state index is 0.0266. The molecule has 0 aliphatic heterocycles. The molecule has 2 heterocycles. The number of nitrogens with zero attached hydrogens (tertiary/aromatic N) is 3. The highest BCUT2D eigenvalue weighted by Gasteiger charge is 2.16. The van der Waals surface area contributed by atoms with Gasteiger partial charge < -0.3 is 9.32 Å². The van der Waals surface area contributed by atoms with E-state index in [9.17, 15) is 9.18 Å². The number of aryl methyl sites for hydroxylation is 1. The van der Waals surface area contributed by atoms with Crippen molar-refractivity contribution < 1.29 is 13.6 Å². The maximum Gasteiger partial charge on any atom is 0.253 e. The van der Waals surface area contributed by atoms with Gasteiger partial charge in [0.05, 0.1) is 5.56 Å². The van der Waals surface area contributed by atoms with E-state index in [-0.39, 0.29) is 11.5 Å². The molecule has 0 radical (unpaired) electrons. The topological polar surface area (TPSA) is 70.1 Å². The third-order valence-electron chi connectivity index (χ3n) is 4.95. The first-order chi connectivity index (χ1) is 14.4. The van der Waals surface area contributed by atoms with Crippen molar-refractivity contribution in [2.24, 2.45) is 0 Å². The van der Waals surface area contributed by atoms with Crippen LogP contribution >= 0.6 is 0 Å². The fourth-order valence-electron chi connectivity index (χ4n) is 3.41. The third-order valence-corrected chi connectivity index (χ3v) is 4.95. The highest BCUT2D eigenvalue weighted by atomic mass is 19.1. The molecule has 4 rings (SSSR count). The minimum Gasteiger partial charge on any atom is -0.454 e. The van der Waals surface area contributed by atoms with E-state index < -0.39 is 5.82 Å². The maximum atomic E-state index is 13.7. The predicted octanol–water partition coefficient (Wildman–Crippen LogP) is 5.18. The molecule has 148 valence electrons. The SMILES string of the molecule is Cc1cc(C(=O)N(C)C)ccc1-c1cc2nccc(-c3ccc(F)c(C#N)c3)c2o1. The molecule has 0 unspecified atom stereocenters. The normalized spacial score (nSPS) is 10.8. The summed E-state index contributed by atoms with van der Waals surface area (Å²) < 4.78 is 19.9. The van der Waals surface area contributed by atoms with Gasteiger partial charge in [0.25, 0.3) is 5.91 Å². The van der Waals surface area contributed by atoms with E-state index in [4.69, 9.17) is 9.68 Å². The van der Waals surface area contributed by atoms with Gasteiger partial charge in [-0.15, -0.1) is 0 Å². The number of pyridine rings is 1. The molecule has 1 amide bonds. The molecular formula is C24H18FN3O2. The quantitative estimate of drug-likeness (QED) is 0.476. The fourth-order valence-corrected chi connectivity index (χ4v) is 3.41. The van der Waals surface area contributed by atoms with Crippen molar-refractivity contribution >= 4 is 17.0 Å². The van der Waals surface area contributed by atoms with Gasteiger partial charge in [0.1, 0.15) is 23.2 Å². The first-order valence-corrected chi connectivity index (χ1v) is 9.30. The molecule has 0 bridgehead atoms. The van der Waals surface area contributed by atoms with Gasteiger partial charge in [-0.2, -0.15) is 5.26 Å². The van der Waals surface area contributed by atoms with E-state index in [1.54, 1.807) is 38.5 Å². The number of furan rings is 1. The molecule has 0 fully saturated rings. The van der Waals surface area contributed by atoms with E-state index in [0.717, 1.165) is 16.7 Å². The molecule has 30 heavy (non-hydrogen) atoms. The molecule has 0 saturated carbocycles. The van der Waals surface area contributed by atoms with Crippen LogP contribution in [0.5, 0.6) is 0 Å². The second kappa shape index (κ2) is 7.45. The van der Waals surface area contributed by atoms with Crippen molar-refractivity contribution in [2.75, 3.05) is 14.1 Å². The number of amides is 1. The Hall–Kier alpha value is -3.98. The fraction of sp³-hybridized carbons (Fsp3) is 0.125. The van der Waals surface area contributed by atoms with Gasteiger partial charge in [-0.05, 0) is 48.4 Å². The lowest BCUT2D eigenvalue weighted by molar-refractivity contribution is 0.0827. The number of carbonyl (C=O) groups is 1. The molecule has 0 atom stereocenters. The Balaban J connectivity index is 1.82. The Bertz CT molecular complexity index is 1330. The molecule has 0 saturated heterocycles. The second-order valence-electron chi connectivity index (χ2n) is 7.22. The first-order valence-electron chi connectivity index (χ1n) is 9.30. The van der Waals surface area contributed by atoms with Crippen molar-refractivity contribution in [3.63, 3.8) is 0 Å². The number of benzene rings is 2. The number of hydrogen-bond acceptors (Lipinski definition) is 4. The summed E-state index contributed by atoms with van der Waals surface area (Å²) in [4.78, 5) is 18.1. The van der Waals surface area contributed by atoms with E-state index in [0.29, 0.717) is 28.0 Å². The van der Waals surface area contributed by atoms with Gasteiger partial charge >= 0.3 is 0 Å². The average Bonchev–Trinajstić information content (AvgIpc) is 3.17. The second-order valence-corrected chi connectivity index (χ2v) is 7.22. The Kier molecular flexibility index (Phi) is 4.80. The average molecular weight is 399 g/mol. The Morgan fingerprint density at radius 3 is 2.60 bits per heavy atom. The lowest BCUT2D eigenvalue weighted by atomic mass is 10.0. The summed E-state index contributed by atoms with van der Waals surface area (Å²) in [5, 5.41) is 9.13. The van der Waals surface area contributed by atoms with Crippen LogP contribution in [0.1, 0.15) is 21.5 Å². The minimum atomic E-state index is -0.560. The third kappa shape index (κ3) is 3.31. The number of rotatable bonds is 3. The molecule has 2 aromatic heterocycles. The van der Waals surface area contributed by atoms with Crippen molar-refractivity contribution in [1.29, 1.82) is 5.26 Å². The number of fused-ring (bicyclic) bond motifs is 1. The van der Waals surface area contributed by atoms with Crippen LogP contribution in [-0.4, -0.2) is 29.9 Å². The maximum absolute atomic E-state index is 13.7. The summed E-state index contributed by atoms with van der Waals surface area (Å²) >= 11 is 0. The molecule has 0 spiro atoms. The highest BCUT2D eigenvalue weighted by molar-refractivity contribution is 5.96. The molecule has 2 aromatic carbocycles. The number of halogens is 1. The van der Waals surface area contributed by atoms with E-state index in [1.165, 1.54) is 17.0 Å². The Morgan fingerprint density at radius 1 is 1.10 bits per heavy atom. The van der Waals surface area contributed by atoms with Crippen LogP contribution in [0, 0.1) is 24.1 Å². The first kappa shape index (κ1) is 19.3. The molecule has 0 aliphatic carbocycles. The molecular weight excluding hydrogens is 381 g/mol. The summed E-state index contributed by atoms with van der Waals surface area (Å²) in [6.07, 6.45) is 1.65. The van der Waals surface area contributed by atoms with Crippen LogP contribution in [0.25, 0.3) is 33.6 Å². The summed E-state index contributed by atoms with van der Waals surface area (Å²) in [7, 11) is 3.43. The molecule has 0 aliphatic rings. The summed E-state index contributed by atoms with van der Waals surface area (Å²) in [6.45, 7) is 1.92. The summed E-state index contributed by atoms with van der Waals surface area (Å²) in [5.41, 5.74) is 4.93. The van der Waals surface area contributed by atoms with Gasteiger partial charge in [-0.25, -0.2) is 4.39 Å². The zero-order chi connectivity index (χ0) is 21.4. The van der Waals surface area contributed by atoms with Crippen molar-refractivity contribution in [2.45, 2.75) is 6.92 Å². The standard InChI is InChI=1S/C24H18FN3O2/c1-14-10-16(24(29)28(2)3)4-6-18(14)22-12-21-23(30-22)19(8-9-27-21)15-5-7-20(25)17(11-15)13-26/h4-12H,1-3H3. The largest absolute Gasteiger partial charge is 0.454 e. The monoisotopic (exact) mass is 399 g/mol. The van der Waals surface area contributed by atoms with Crippen molar-refractivity contribution in [1.82, 2.24) is 9.88 Å². The lowest BCUT2D eigenvalue weighted by Gasteiger charge is -2.11. The van der Waals surface area contributed by atoms with Gasteiger partial charge in [-0.1, -0.05) is 12.1 Å². The summed E-state index contributed by atoms with van der Waals surface area (Å²) in [6, 6.07) is 15.3. The Morgan fingerprint density at radius 2 is 1.90 bits per heavy atom. The van der Waals surface area contributed by atoms with Crippen LogP contribution in [0.2, 0.25) is 0 Å². The van der Waals surface area contributed by atoms with Crippen LogP contribution in [0.4, 0.5) is 4.39 Å². The van der Waals surface area contributed by atoms with Gasteiger partial charge in [0.2, 0.25) is 0 Å². The number of nitriles is 1. The van der Waals surface area contributed by atoms with E-state index in [1.807, 2.05) is 31.2 Å². The van der Waals surface area contributed by atoms with Crippen LogP contribution < -0.4 is 0 Å². The van der Waals surface area contributed by atoms with Gasteiger partial charge in [0.15, 0.2) is 5.58 Å².